The Morgan fingerprint density at radius 3 is 2.26 bits per heavy atom. The highest BCUT2D eigenvalue weighted by Crippen LogP contribution is 2.34. The van der Waals surface area contributed by atoms with E-state index in [0.29, 0.717) is 30.2 Å². The van der Waals surface area contributed by atoms with E-state index in [2.05, 4.69) is 32.1 Å². The second kappa shape index (κ2) is 9.22. The maximum atomic E-state index is 11.9. The molecule has 3 aromatic carbocycles. The topological polar surface area (TPSA) is 97.8 Å². The second-order valence-corrected chi connectivity index (χ2v) is 7.92. The summed E-state index contributed by atoms with van der Waals surface area (Å²) in [7, 11) is 1.60. The molecule has 0 amide bonds. The summed E-state index contributed by atoms with van der Waals surface area (Å²) >= 11 is 0. The van der Waals surface area contributed by atoms with Gasteiger partial charge < -0.3 is 19.1 Å². The van der Waals surface area contributed by atoms with Gasteiger partial charge in [-0.2, -0.15) is 4.98 Å². The van der Waals surface area contributed by atoms with Crippen LogP contribution < -0.4 is 14.5 Å². The molecule has 0 N–H and O–H groups in total. The van der Waals surface area contributed by atoms with Crippen LogP contribution in [0.15, 0.2) is 77.3 Å². The largest absolute Gasteiger partial charge is 0.497 e. The third kappa shape index (κ3) is 4.27. The monoisotopic (exact) mass is 457 g/mol. The van der Waals surface area contributed by atoms with Gasteiger partial charge in [0.05, 0.1) is 12.0 Å². The van der Waals surface area contributed by atoms with E-state index in [0.717, 1.165) is 30.1 Å². The van der Waals surface area contributed by atoms with Crippen molar-refractivity contribution in [2.24, 2.45) is 0 Å². The highest BCUT2D eigenvalue weighted by molar-refractivity contribution is 5.72. The number of hydrogen-bond acceptors (Lipinski definition) is 8. The number of para-hydroxylation sites is 1. The number of nitro groups is 1. The van der Waals surface area contributed by atoms with E-state index in [1.165, 1.54) is 6.07 Å². The van der Waals surface area contributed by atoms with Gasteiger partial charge in [0.1, 0.15) is 11.4 Å². The van der Waals surface area contributed by atoms with Crippen molar-refractivity contribution in [2.45, 2.75) is 0 Å². The average Bonchev–Trinajstić information content (AvgIpc) is 3.39. The van der Waals surface area contributed by atoms with Crippen LogP contribution in [0.3, 0.4) is 0 Å². The molecule has 0 unspecified atom stereocenters. The molecule has 9 heteroatoms. The summed E-state index contributed by atoms with van der Waals surface area (Å²) in [5, 5.41) is 15.9. The second-order valence-electron chi connectivity index (χ2n) is 7.92. The van der Waals surface area contributed by atoms with Crippen LogP contribution in [0.4, 0.5) is 17.1 Å². The lowest BCUT2D eigenvalue weighted by Crippen LogP contribution is -2.46. The van der Waals surface area contributed by atoms with E-state index in [1.807, 2.05) is 42.5 Å². The van der Waals surface area contributed by atoms with Crippen LogP contribution in [0.25, 0.3) is 22.8 Å². The van der Waals surface area contributed by atoms with Crippen molar-refractivity contribution < 1.29 is 14.2 Å². The molecule has 0 bridgehead atoms. The molecule has 0 spiro atoms. The number of rotatable bonds is 6. The van der Waals surface area contributed by atoms with Gasteiger partial charge in [0.15, 0.2) is 0 Å². The minimum absolute atomic E-state index is 0.0230. The molecule has 0 radical (unpaired) electrons. The molecule has 5 rings (SSSR count). The van der Waals surface area contributed by atoms with Gasteiger partial charge in [-0.05, 0) is 48.5 Å². The predicted octanol–water partition coefficient (Wildman–Crippen LogP) is 4.65. The van der Waals surface area contributed by atoms with Gasteiger partial charge in [-0.1, -0.05) is 23.4 Å². The fraction of sp³-hybridized carbons (Fsp3) is 0.200. The van der Waals surface area contributed by atoms with Gasteiger partial charge in [0, 0.05) is 49.1 Å². The van der Waals surface area contributed by atoms with Crippen LogP contribution in [0.1, 0.15) is 0 Å². The van der Waals surface area contributed by atoms with Gasteiger partial charge >= 0.3 is 0 Å². The summed E-state index contributed by atoms with van der Waals surface area (Å²) in [6.07, 6.45) is 0. The summed E-state index contributed by atoms with van der Waals surface area (Å²) in [6, 6.07) is 22.5. The molecule has 9 nitrogen and oxygen atoms in total. The van der Waals surface area contributed by atoms with E-state index in [1.54, 1.807) is 19.2 Å². The maximum Gasteiger partial charge on any atom is 0.293 e. The molecule has 1 aliphatic rings. The Bertz CT molecular complexity index is 1280. The molecule has 172 valence electrons. The smallest absolute Gasteiger partial charge is 0.293 e. The number of methoxy groups -OCH3 is 1. The van der Waals surface area contributed by atoms with E-state index >= 15 is 0 Å². The van der Waals surface area contributed by atoms with Crippen LogP contribution in [0.2, 0.25) is 0 Å². The van der Waals surface area contributed by atoms with Crippen molar-refractivity contribution in [1.29, 1.82) is 0 Å². The van der Waals surface area contributed by atoms with Gasteiger partial charge in [0.2, 0.25) is 5.82 Å². The number of hydrogen-bond donors (Lipinski definition) is 0. The lowest BCUT2D eigenvalue weighted by Gasteiger charge is -2.37. The molecular weight excluding hydrogens is 434 g/mol. The fourth-order valence-electron chi connectivity index (χ4n) is 4.11. The Kier molecular flexibility index (Phi) is 5.82. The van der Waals surface area contributed by atoms with Crippen LogP contribution in [-0.4, -0.2) is 48.4 Å². The summed E-state index contributed by atoms with van der Waals surface area (Å²) in [6.45, 7) is 2.96. The maximum absolute atomic E-state index is 11.9. The summed E-state index contributed by atoms with van der Waals surface area (Å²) in [5.74, 6) is 1.36. The molecule has 0 aliphatic carbocycles. The minimum Gasteiger partial charge on any atom is -0.497 e. The Morgan fingerprint density at radius 1 is 0.912 bits per heavy atom. The van der Waals surface area contributed by atoms with Crippen molar-refractivity contribution in [2.75, 3.05) is 43.1 Å². The number of ether oxygens (including phenoxy) is 1. The third-order valence-electron chi connectivity index (χ3n) is 5.94. The van der Waals surface area contributed by atoms with Gasteiger partial charge in [0.25, 0.3) is 11.6 Å². The van der Waals surface area contributed by atoms with Crippen molar-refractivity contribution in [3.63, 3.8) is 0 Å². The molecule has 4 aromatic rings. The fourth-order valence-corrected chi connectivity index (χ4v) is 4.11. The average molecular weight is 457 g/mol. The van der Waals surface area contributed by atoms with Gasteiger partial charge in [-0.3, -0.25) is 10.1 Å². The van der Waals surface area contributed by atoms with Crippen molar-refractivity contribution in [3.05, 3.63) is 82.9 Å². The zero-order valence-corrected chi connectivity index (χ0v) is 18.6. The molecule has 1 aliphatic heterocycles. The number of aromatic nitrogens is 2. The molecule has 34 heavy (non-hydrogen) atoms. The van der Waals surface area contributed by atoms with Gasteiger partial charge in [-0.25, -0.2) is 0 Å². The summed E-state index contributed by atoms with van der Waals surface area (Å²) in [4.78, 5) is 20.3. The first kappa shape index (κ1) is 21.4. The van der Waals surface area contributed by atoms with Crippen LogP contribution >= 0.6 is 0 Å². The van der Waals surface area contributed by atoms with Crippen molar-refractivity contribution >= 4 is 17.1 Å². The lowest BCUT2D eigenvalue weighted by atomic mass is 10.1. The molecular formula is C25H23N5O4. The molecule has 1 fully saturated rings. The number of piperazine rings is 1. The number of nitrogens with zero attached hydrogens (tertiary/aromatic N) is 5. The first-order chi connectivity index (χ1) is 16.6. The SMILES string of the molecule is COc1ccc(-c2noc(-c3ccc(N4CCN(c5ccccc5)CC4)c([N+](=O)[O-])c3)n2)cc1. The number of anilines is 2. The Morgan fingerprint density at radius 2 is 1.59 bits per heavy atom. The van der Waals surface area contributed by atoms with E-state index in [4.69, 9.17) is 9.26 Å². The summed E-state index contributed by atoms with van der Waals surface area (Å²) in [5.41, 5.74) is 3.05. The summed E-state index contributed by atoms with van der Waals surface area (Å²) < 4.78 is 10.6. The molecule has 1 saturated heterocycles. The van der Waals surface area contributed by atoms with Crippen LogP contribution in [-0.2, 0) is 0 Å². The lowest BCUT2D eigenvalue weighted by molar-refractivity contribution is -0.384. The Balaban J connectivity index is 1.36. The van der Waals surface area contributed by atoms with Gasteiger partial charge in [-0.15, -0.1) is 0 Å². The first-order valence-electron chi connectivity index (χ1n) is 10.9. The van der Waals surface area contributed by atoms with Crippen LogP contribution in [0, 0.1) is 10.1 Å². The Labute approximate surface area is 196 Å². The van der Waals surface area contributed by atoms with E-state index in [9.17, 15) is 10.1 Å². The van der Waals surface area contributed by atoms with Crippen molar-refractivity contribution in [3.8, 4) is 28.6 Å². The normalized spacial score (nSPS) is 13.7. The highest BCUT2D eigenvalue weighted by Gasteiger charge is 2.25. The van der Waals surface area contributed by atoms with Crippen molar-refractivity contribution in [1.82, 2.24) is 10.1 Å². The molecule has 2 heterocycles. The molecule has 0 saturated carbocycles. The zero-order chi connectivity index (χ0) is 23.5. The number of nitro benzene ring substituents is 1. The Hall–Kier alpha value is -4.40. The molecule has 1 aromatic heterocycles. The number of benzene rings is 3. The third-order valence-corrected chi connectivity index (χ3v) is 5.94. The van der Waals surface area contributed by atoms with Crippen LogP contribution in [0.5, 0.6) is 5.75 Å². The predicted molar refractivity (Wildman–Crippen MR) is 129 cm³/mol. The standard InChI is InChI=1S/C25H23N5O4/c1-33-21-10-7-18(8-11-21)24-26-25(34-27-24)19-9-12-22(23(17-19)30(31)32)29-15-13-28(14-16-29)20-5-3-2-4-6-20/h2-12,17H,13-16H2,1H3. The molecule has 0 atom stereocenters. The highest BCUT2D eigenvalue weighted by atomic mass is 16.6. The zero-order valence-electron chi connectivity index (χ0n) is 18.6. The first-order valence-corrected chi connectivity index (χ1v) is 10.9. The quantitative estimate of drug-likeness (QED) is 0.305. The van der Waals surface area contributed by atoms with E-state index < -0.39 is 0 Å². The van der Waals surface area contributed by atoms with E-state index in [-0.39, 0.29) is 16.5 Å². The minimum atomic E-state index is -0.358.